The molecule has 2 rings (SSSR count). The minimum Gasteiger partial charge on any atom is -0.497 e. The van der Waals surface area contributed by atoms with Gasteiger partial charge in [0.1, 0.15) is 18.2 Å². The predicted molar refractivity (Wildman–Crippen MR) is 70.4 cm³/mol. The summed E-state index contributed by atoms with van der Waals surface area (Å²) in [5.41, 5.74) is 0.497. The lowest BCUT2D eigenvalue weighted by Gasteiger charge is -2.08. The molecule has 0 aliphatic rings. The first kappa shape index (κ1) is 13.8. The summed E-state index contributed by atoms with van der Waals surface area (Å²) in [6.07, 6.45) is 0. The number of hydrogen-bond donors (Lipinski definition) is 0. The van der Waals surface area contributed by atoms with E-state index in [-0.39, 0.29) is 18.0 Å². The molecule has 0 aromatic heterocycles. The van der Waals surface area contributed by atoms with Crippen molar-refractivity contribution in [2.75, 3.05) is 7.11 Å². The molecule has 0 N–H and O–H groups in total. The normalized spacial score (nSPS) is 10.1. The maximum atomic E-state index is 13.1. The Bertz CT molecular complexity index is 630. The number of nitro benzene ring substituents is 1. The van der Waals surface area contributed by atoms with Crippen LogP contribution in [0.2, 0.25) is 0 Å². The average Bonchev–Trinajstić information content (AvgIpc) is 2.45. The van der Waals surface area contributed by atoms with Gasteiger partial charge < -0.3 is 9.47 Å². The van der Waals surface area contributed by atoms with Crippen LogP contribution in [0.1, 0.15) is 5.56 Å². The zero-order chi connectivity index (χ0) is 14.5. The molecule has 0 radical (unpaired) electrons. The summed E-state index contributed by atoms with van der Waals surface area (Å²) in [7, 11) is 1.54. The van der Waals surface area contributed by atoms with Crippen molar-refractivity contribution in [1.29, 1.82) is 0 Å². The number of rotatable bonds is 5. The van der Waals surface area contributed by atoms with E-state index in [9.17, 15) is 14.5 Å². The first-order valence-corrected chi connectivity index (χ1v) is 5.80. The van der Waals surface area contributed by atoms with Gasteiger partial charge in [-0.15, -0.1) is 0 Å². The summed E-state index contributed by atoms with van der Waals surface area (Å²) in [5, 5.41) is 10.8. The highest BCUT2D eigenvalue weighted by atomic mass is 19.1. The van der Waals surface area contributed by atoms with Crippen LogP contribution in [0.15, 0.2) is 42.5 Å². The molecule has 0 bridgehead atoms. The first-order chi connectivity index (χ1) is 9.60. The van der Waals surface area contributed by atoms with Gasteiger partial charge in [0.05, 0.1) is 12.0 Å². The van der Waals surface area contributed by atoms with E-state index in [1.807, 2.05) is 0 Å². The van der Waals surface area contributed by atoms with E-state index in [0.29, 0.717) is 5.75 Å². The highest BCUT2D eigenvalue weighted by molar-refractivity contribution is 5.46. The number of ether oxygens (including phenoxy) is 2. The summed E-state index contributed by atoms with van der Waals surface area (Å²) in [4.78, 5) is 10.2. The Morgan fingerprint density at radius 3 is 2.75 bits per heavy atom. The van der Waals surface area contributed by atoms with Crippen molar-refractivity contribution in [3.05, 3.63) is 64.0 Å². The van der Waals surface area contributed by atoms with Crippen molar-refractivity contribution < 1.29 is 18.8 Å². The number of nitrogens with zero attached hydrogens (tertiary/aromatic N) is 1. The second kappa shape index (κ2) is 6.01. The van der Waals surface area contributed by atoms with Gasteiger partial charge in [-0.1, -0.05) is 12.1 Å². The lowest BCUT2D eigenvalue weighted by atomic mass is 10.2. The van der Waals surface area contributed by atoms with Gasteiger partial charge >= 0.3 is 5.69 Å². The molecule has 2 aromatic carbocycles. The lowest BCUT2D eigenvalue weighted by Crippen LogP contribution is -2.00. The van der Waals surface area contributed by atoms with Crippen LogP contribution in [0.5, 0.6) is 11.5 Å². The molecule has 0 unspecified atom stereocenters. The molecule has 0 aliphatic carbocycles. The van der Waals surface area contributed by atoms with E-state index < -0.39 is 10.7 Å². The largest absolute Gasteiger partial charge is 0.497 e. The highest BCUT2D eigenvalue weighted by Gasteiger charge is 2.15. The Labute approximate surface area is 114 Å². The standard InChI is InChI=1S/C14H12FNO4/c1-19-12-4-2-3-10(7-12)9-20-14-8-11(15)5-6-13(14)16(17)18/h2-8H,9H2,1H3. The van der Waals surface area contributed by atoms with Crippen LogP contribution in [0.3, 0.4) is 0 Å². The summed E-state index contributed by atoms with van der Waals surface area (Å²) in [6, 6.07) is 10.2. The number of nitro groups is 1. The Kier molecular flexibility index (Phi) is 4.14. The van der Waals surface area contributed by atoms with Crippen molar-refractivity contribution in [3.63, 3.8) is 0 Å². The minimum absolute atomic E-state index is 0.0848. The van der Waals surface area contributed by atoms with Gasteiger partial charge in [0.2, 0.25) is 0 Å². The van der Waals surface area contributed by atoms with E-state index >= 15 is 0 Å². The predicted octanol–water partition coefficient (Wildman–Crippen LogP) is 3.32. The van der Waals surface area contributed by atoms with Gasteiger partial charge in [-0.25, -0.2) is 4.39 Å². The molecule has 0 saturated heterocycles. The minimum atomic E-state index is -0.611. The van der Waals surface area contributed by atoms with Gasteiger partial charge in [-0.2, -0.15) is 0 Å². The molecular formula is C14H12FNO4. The quantitative estimate of drug-likeness (QED) is 0.621. The summed E-state index contributed by atoms with van der Waals surface area (Å²) in [5.74, 6) is -0.0334. The molecule has 0 aliphatic heterocycles. The molecule has 6 heteroatoms. The van der Waals surface area contributed by atoms with Gasteiger partial charge in [0.15, 0.2) is 5.75 Å². The maximum absolute atomic E-state index is 13.1. The molecule has 20 heavy (non-hydrogen) atoms. The van der Waals surface area contributed by atoms with Crippen LogP contribution in [-0.4, -0.2) is 12.0 Å². The molecular weight excluding hydrogens is 265 g/mol. The number of benzene rings is 2. The van der Waals surface area contributed by atoms with Gasteiger partial charge in [-0.05, 0) is 23.8 Å². The van der Waals surface area contributed by atoms with Crippen molar-refractivity contribution in [2.24, 2.45) is 0 Å². The van der Waals surface area contributed by atoms with E-state index in [4.69, 9.17) is 9.47 Å². The Balaban J connectivity index is 2.17. The van der Waals surface area contributed by atoms with Crippen molar-refractivity contribution in [2.45, 2.75) is 6.61 Å². The fourth-order valence-electron chi connectivity index (χ4n) is 1.68. The zero-order valence-electron chi connectivity index (χ0n) is 10.7. The topological polar surface area (TPSA) is 61.6 Å². The fraction of sp³-hybridized carbons (Fsp3) is 0.143. The maximum Gasteiger partial charge on any atom is 0.311 e. The Morgan fingerprint density at radius 2 is 2.05 bits per heavy atom. The SMILES string of the molecule is COc1cccc(COc2cc(F)ccc2[N+](=O)[O-])c1. The van der Waals surface area contributed by atoms with Gasteiger partial charge in [0, 0.05) is 12.1 Å². The monoisotopic (exact) mass is 277 g/mol. The van der Waals surface area contributed by atoms with Crippen molar-refractivity contribution in [3.8, 4) is 11.5 Å². The van der Waals surface area contributed by atoms with Crippen LogP contribution < -0.4 is 9.47 Å². The average molecular weight is 277 g/mol. The van der Waals surface area contributed by atoms with Crippen LogP contribution in [-0.2, 0) is 6.61 Å². The van der Waals surface area contributed by atoms with E-state index in [1.165, 1.54) is 7.11 Å². The summed E-state index contributed by atoms with van der Waals surface area (Å²) < 4.78 is 23.5. The van der Waals surface area contributed by atoms with Gasteiger partial charge in [-0.3, -0.25) is 10.1 Å². The first-order valence-electron chi connectivity index (χ1n) is 5.80. The highest BCUT2D eigenvalue weighted by Crippen LogP contribution is 2.28. The lowest BCUT2D eigenvalue weighted by molar-refractivity contribution is -0.386. The van der Waals surface area contributed by atoms with Gasteiger partial charge in [0.25, 0.3) is 0 Å². The molecule has 0 atom stereocenters. The molecule has 0 heterocycles. The second-order valence-electron chi connectivity index (χ2n) is 4.01. The molecule has 0 spiro atoms. The summed E-state index contributed by atoms with van der Waals surface area (Å²) in [6.45, 7) is 0.0848. The molecule has 0 amide bonds. The smallest absolute Gasteiger partial charge is 0.311 e. The summed E-state index contributed by atoms with van der Waals surface area (Å²) >= 11 is 0. The fourth-order valence-corrected chi connectivity index (χ4v) is 1.68. The van der Waals surface area contributed by atoms with E-state index in [0.717, 1.165) is 23.8 Å². The third kappa shape index (κ3) is 3.23. The molecule has 104 valence electrons. The van der Waals surface area contributed by atoms with Crippen LogP contribution in [0.25, 0.3) is 0 Å². The number of hydrogen-bond acceptors (Lipinski definition) is 4. The van der Waals surface area contributed by atoms with Crippen LogP contribution in [0.4, 0.5) is 10.1 Å². The Morgan fingerprint density at radius 1 is 1.25 bits per heavy atom. The van der Waals surface area contributed by atoms with E-state index in [1.54, 1.807) is 24.3 Å². The molecule has 0 saturated carbocycles. The van der Waals surface area contributed by atoms with Crippen molar-refractivity contribution >= 4 is 5.69 Å². The third-order valence-electron chi connectivity index (χ3n) is 2.65. The molecule has 2 aromatic rings. The molecule has 5 nitrogen and oxygen atoms in total. The second-order valence-corrected chi connectivity index (χ2v) is 4.01. The molecule has 0 fully saturated rings. The van der Waals surface area contributed by atoms with E-state index in [2.05, 4.69) is 0 Å². The zero-order valence-corrected chi connectivity index (χ0v) is 10.7. The Hall–Kier alpha value is -2.63. The number of halogens is 1. The van der Waals surface area contributed by atoms with Crippen LogP contribution in [0, 0.1) is 15.9 Å². The number of methoxy groups -OCH3 is 1. The van der Waals surface area contributed by atoms with Crippen molar-refractivity contribution in [1.82, 2.24) is 0 Å². The third-order valence-corrected chi connectivity index (χ3v) is 2.65. The van der Waals surface area contributed by atoms with Crippen LogP contribution >= 0.6 is 0 Å².